The van der Waals surface area contributed by atoms with Crippen LogP contribution in [0.5, 0.6) is 5.75 Å². The molecule has 0 radical (unpaired) electrons. The van der Waals surface area contributed by atoms with Gasteiger partial charge in [-0.1, -0.05) is 47.5 Å². The van der Waals surface area contributed by atoms with Gasteiger partial charge in [0.2, 0.25) is 0 Å². The fourth-order valence-corrected chi connectivity index (χ4v) is 5.25. The highest BCUT2D eigenvalue weighted by Crippen LogP contribution is 2.31. The fourth-order valence-electron chi connectivity index (χ4n) is 2.94. The topological polar surface area (TPSA) is 62.1 Å². The Balaban J connectivity index is 1.77. The molecule has 0 aliphatic carbocycles. The second kappa shape index (κ2) is 11.2. The second-order valence-electron chi connectivity index (χ2n) is 7.18. The number of nitriles is 1. The van der Waals surface area contributed by atoms with Crippen molar-refractivity contribution in [2.24, 2.45) is 0 Å². The fraction of sp³-hybridized carbons (Fsp3) is 0.120. The van der Waals surface area contributed by atoms with Gasteiger partial charge in [-0.05, 0) is 106 Å². The lowest BCUT2D eigenvalue weighted by Gasteiger charge is -2.12. The Morgan fingerprint density at radius 3 is 2.47 bits per heavy atom. The van der Waals surface area contributed by atoms with Gasteiger partial charge in [0.15, 0.2) is 0 Å². The minimum absolute atomic E-state index is 0.00160. The van der Waals surface area contributed by atoms with Crippen LogP contribution < -0.4 is 10.1 Å². The SMILES string of the molecule is Cc1cccc(COc2c(I)cc(/C=C(/C#N)C(=O)Nc3ccc(C)c(Cl)c3)cc2I)c1. The number of carbonyl (C=O) groups excluding carboxylic acids is 1. The van der Waals surface area contributed by atoms with Gasteiger partial charge in [0.25, 0.3) is 5.91 Å². The molecule has 0 spiro atoms. The molecule has 3 aromatic carbocycles. The van der Waals surface area contributed by atoms with Crippen LogP contribution in [0.4, 0.5) is 5.69 Å². The molecule has 3 aromatic rings. The summed E-state index contributed by atoms with van der Waals surface area (Å²) in [6.07, 6.45) is 1.57. The van der Waals surface area contributed by atoms with Crippen LogP contribution in [-0.2, 0) is 11.4 Å². The van der Waals surface area contributed by atoms with Crippen molar-refractivity contribution in [1.82, 2.24) is 0 Å². The van der Waals surface area contributed by atoms with Crippen molar-refractivity contribution in [3.05, 3.63) is 94.6 Å². The summed E-state index contributed by atoms with van der Waals surface area (Å²) in [5, 5.41) is 12.8. The number of aryl methyl sites for hydroxylation is 2. The van der Waals surface area contributed by atoms with E-state index in [1.54, 1.807) is 18.2 Å². The van der Waals surface area contributed by atoms with Crippen LogP contribution >= 0.6 is 56.8 Å². The molecule has 0 unspecified atom stereocenters. The second-order valence-corrected chi connectivity index (χ2v) is 9.91. The first-order valence-corrected chi connectivity index (χ1v) is 12.2. The van der Waals surface area contributed by atoms with Gasteiger partial charge >= 0.3 is 0 Å². The highest BCUT2D eigenvalue weighted by Gasteiger charge is 2.13. The molecule has 3 rings (SSSR count). The van der Waals surface area contributed by atoms with Crippen LogP contribution in [0, 0.1) is 32.3 Å². The van der Waals surface area contributed by atoms with E-state index in [2.05, 4.69) is 69.6 Å². The molecule has 0 atom stereocenters. The third-order valence-electron chi connectivity index (χ3n) is 4.59. The molecular formula is C25H19ClI2N2O2. The molecule has 0 saturated heterocycles. The Morgan fingerprint density at radius 1 is 1.12 bits per heavy atom. The number of anilines is 1. The van der Waals surface area contributed by atoms with Crippen LogP contribution in [0.15, 0.2) is 60.2 Å². The first-order valence-electron chi connectivity index (χ1n) is 9.63. The number of benzene rings is 3. The van der Waals surface area contributed by atoms with Crippen LogP contribution in [0.3, 0.4) is 0 Å². The minimum atomic E-state index is -0.489. The van der Waals surface area contributed by atoms with Gasteiger partial charge in [-0.25, -0.2) is 0 Å². The first kappa shape index (κ1) is 24.6. The standard InChI is InChI=1S/C25H19ClI2N2O2/c1-15-4-3-5-17(8-15)14-32-24-22(27)10-18(11-23(24)28)9-19(13-29)25(31)30-20-7-6-16(2)21(26)12-20/h3-12H,14H2,1-2H3,(H,30,31)/b19-9-. The maximum absolute atomic E-state index is 12.6. The van der Waals surface area contributed by atoms with E-state index in [-0.39, 0.29) is 5.57 Å². The van der Waals surface area contributed by atoms with Crippen molar-refractivity contribution in [1.29, 1.82) is 5.26 Å². The lowest BCUT2D eigenvalue weighted by Crippen LogP contribution is -2.13. The third kappa shape index (κ3) is 6.47. The summed E-state index contributed by atoms with van der Waals surface area (Å²) in [6.45, 7) is 4.40. The Labute approximate surface area is 219 Å². The van der Waals surface area contributed by atoms with E-state index in [4.69, 9.17) is 16.3 Å². The van der Waals surface area contributed by atoms with Crippen molar-refractivity contribution < 1.29 is 9.53 Å². The molecule has 0 aromatic heterocycles. The molecule has 0 aliphatic heterocycles. The highest BCUT2D eigenvalue weighted by atomic mass is 127. The van der Waals surface area contributed by atoms with Gasteiger partial charge in [-0.15, -0.1) is 0 Å². The summed E-state index contributed by atoms with van der Waals surface area (Å²) in [5.74, 6) is 0.291. The lowest BCUT2D eigenvalue weighted by molar-refractivity contribution is -0.112. The molecule has 0 bridgehead atoms. The smallest absolute Gasteiger partial charge is 0.266 e. The normalized spacial score (nSPS) is 11.1. The number of nitrogens with zero attached hydrogens (tertiary/aromatic N) is 1. The summed E-state index contributed by atoms with van der Waals surface area (Å²) in [4.78, 5) is 12.6. The average Bonchev–Trinajstić information content (AvgIpc) is 2.74. The number of hydrogen-bond donors (Lipinski definition) is 1. The van der Waals surface area contributed by atoms with Crippen molar-refractivity contribution in [3.63, 3.8) is 0 Å². The van der Waals surface area contributed by atoms with Gasteiger partial charge in [-0.3, -0.25) is 4.79 Å². The molecule has 1 amide bonds. The average molecular weight is 669 g/mol. The third-order valence-corrected chi connectivity index (χ3v) is 6.60. The van der Waals surface area contributed by atoms with E-state index in [1.165, 1.54) is 5.56 Å². The zero-order chi connectivity index (χ0) is 23.3. The molecular weight excluding hydrogens is 650 g/mol. The summed E-state index contributed by atoms with van der Waals surface area (Å²) in [5.41, 5.74) is 4.48. The van der Waals surface area contributed by atoms with Crippen molar-refractivity contribution in [2.75, 3.05) is 5.32 Å². The van der Waals surface area contributed by atoms with Gasteiger partial charge < -0.3 is 10.1 Å². The number of carbonyl (C=O) groups is 1. The van der Waals surface area contributed by atoms with Crippen molar-refractivity contribution in [3.8, 4) is 11.8 Å². The van der Waals surface area contributed by atoms with Gasteiger partial charge in [0.1, 0.15) is 24.0 Å². The van der Waals surface area contributed by atoms with E-state index in [0.717, 1.165) is 29.6 Å². The molecule has 1 N–H and O–H groups in total. The van der Waals surface area contributed by atoms with E-state index in [1.807, 2.05) is 43.3 Å². The van der Waals surface area contributed by atoms with Crippen LogP contribution in [0.25, 0.3) is 6.08 Å². The van der Waals surface area contributed by atoms with E-state index in [9.17, 15) is 10.1 Å². The molecule has 0 saturated carbocycles. The van der Waals surface area contributed by atoms with Crippen LogP contribution in [0.2, 0.25) is 5.02 Å². The highest BCUT2D eigenvalue weighted by molar-refractivity contribution is 14.1. The Hall–Kier alpha value is -2.09. The molecule has 0 aliphatic rings. The number of nitrogens with one attached hydrogen (secondary N) is 1. The number of halogens is 3. The lowest BCUT2D eigenvalue weighted by atomic mass is 10.1. The Bertz CT molecular complexity index is 1230. The zero-order valence-corrected chi connectivity index (χ0v) is 22.4. The van der Waals surface area contributed by atoms with Gasteiger partial charge in [-0.2, -0.15) is 5.26 Å². The molecule has 0 fully saturated rings. The predicted octanol–water partition coefficient (Wildman–Crippen LogP) is 7.29. The maximum atomic E-state index is 12.6. The monoisotopic (exact) mass is 668 g/mol. The van der Waals surface area contributed by atoms with Crippen molar-refractivity contribution in [2.45, 2.75) is 20.5 Å². The molecule has 0 heterocycles. The minimum Gasteiger partial charge on any atom is -0.487 e. The number of amides is 1. The molecule has 32 heavy (non-hydrogen) atoms. The Kier molecular flexibility index (Phi) is 8.57. The summed E-state index contributed by atoms with van der Waals surface area (Å²) >= 11 is 10.5. The molecule has 4 nitrogen and oxygen atoms in total. The van der Waals surface area contributed by atoms with Gasteiger partial charge in [0.05, 0.1) is 7.14 Å². The summed E-state index contributed by atoms with van der Waals surface area (Å²) < 4.78 is 7.85. The van der Waals surface area contributed by atoms with E-state index >= 15 is 0 Å². The Morgan fingerprint density at radius 2 is 1.84 bits per heavy atom. The largest absolute Gasteiger partial charge is 0.487 e. The quantitative estimate of drug-likeness (QED) is 0.171. The predicted molar refractivity (Wildman–Crippen MR) is 146 cm³/mol. The van der Waals surface area contributed by atoms with Crippen LogP contribution in [0.1, 0.15) is 22.3 Å². The van der Waals surface area contributed by atoms with E-state index in [0.29, 0.717) is 17.3 Å². The van der Waals surface area contributed by atoms with E-state index < -0.39 is 5.91 Å². The summed E-state index contributed by atoms with van der Waals surface area (Å²) in [7, 11) is 0. The summed E-state index contributed by atoms with van der Waals surface area (Å²) in [6, 6.07) is 19.2. The number of ether oxygens (including phenoxy) is 1. The number of hydrogen-bond acceptors (Lipinski definition) is 3. The van der Waals surface area contributed by atoms with Crippen molar-refractivity contribution >= 4 is 74.5 Å². The maximum Gasteiger partial charge on any atom is 0.266 e. The zero-order valence-electron chi connectivity index (χ0n) is 17.4. The number of rotatable bonds is 6. The van der Waals surface area contributed by atoms with Crippen LogP contribution in [-0.4, -0.2) is 5.91 Å². The van der Waals surface area contributed by atoms with Gasteiger partial charge in [0, 0.05) is 10.7 Å². The molecule has 162 valence electrons. The molecule has 7 heteroatoms. The first-order chi connectivity index (χ1) is 15.3.